The first-order chi connectivity index (χ1) is 15.4. The van der Waals surface area contributed by atoms with Crippen LogP contribution < -0.4 is 5.32 Å². The lowest BCUT2D eigenvalue weighted by Gasteiger charge is -2.33. The second kappa shape index (κ2) is 9.42. The van der Waals surface area contributed by atoms with E-state index in [1.54, 1.807) is 18.2 Å². The quantitative estimate of drug-likeness (QED) is 0.724. The minimum absolute atomic E-state index is 0.0376. The van der Waals surface area contributed by atoms with Crippen LogP contribution in [0.2, 0.25) is 0 Å². The summed E-state index contributed by atoms with van der Waals surface area (Å²) in [5.74, 6) is 0.192. The molecule has 2 aliphatic rings. The fourth-order valence-corrected chi connectivity index (χ4v) is 5.62. The van der Waals surface area contributed by atoms with Crippen LogP contribution in [0.3, 0.4) is 0 Å². The van der Waals surface area contributed by atoms with Crippen molar-refractivity contribution in [3.63, 3.8) is 0 Å². The van der Waals surface area contributed by atoms with Crippen molar-refractivity contribution < 1.29 is 13.2 Å². The Morgan fingerprint density at radius 1 is 1.16 bits per heavy atom. The number of carbonyl (C=O) groups is 1. The molecule has 1 N–H and O–H groups in total. The van der Waals surface area contributed by atoms with Crippen LogP contribution in [0, 0.1) is 5.92 Å². The lowest BCUT2D eigenvalue weighted by atomic mass is 9.96. The number of piperidine rings is 1. The molecule has 1 unspecified atom stereocenters. The molecule has 8 heteroatoms. The molecule has 4 rings (SSSR count). The van der Waals surface area contributed by atoms with Crippen molar-refractivity contribution in [2.75, 3.05) is 31.5 Å². The zero-order chi connectivity index (χ0) is 22.7. The monoisotopic (exact) mass is 454 g/mol. The molecule has 1 saturated heterocycles. The van der Waals surface area contributed by atoms with E-state index in [0.29, 0.717) is 24.5 Å². The number of hydrogen-bond acceptors (Lipinski definition) is 5. The summed E-state index contributed by atoms with van der Waals surface area (Å²) in [6.45, 7) is 8.23. The van der Waals surface area contributed by atoms with Gasteiger partial charge in [-0.3, -0.25) is 9.69 Å². The summed E-state index contributed by atoms with van der Waals surface area (Å²) in [4.78, 5) is 17.5. The first kappa shape index (κ1) is 22.5. The third-order valence-corrected chi connectivity index (χ3v) is 7.52. The summed E-state index contributed by atoms with van der Waals surface area (Å²) in [5, 5.41) is 3.07. The minimum Gasteiger partial charge on any atom is -0.355 e. The van der Waals surface area contributed by atoms with Crippen molar-refractivity contribution in [2.45, 2.75) is 38.1 Å². The van der Waals surface area contributed by atoms with Gasteiger partial charge in [0, 0.05) is 30.9 Å². The molecule has 0 spiro atoms. The first-order valence-corrected chi connectivity index (χ1v) is 12.7. The summed E-state index contributed by atoms with van der Waals surface area (Å²) >= 11 is 0. The highest BCUT2D eigenvalue weighted by Crippen LogP contribution is 2.30. The van der Waals surface area contributed by atoms with Crippen molar-refractivity contribution in [1.82, 2.24) is 9.80 Å². The number of benzene rings is 2. The molecule has 2 heterocycles. The Kier molecular flexibility index (Phi) is 6.62. The Labute approximate surface area is 190 Å². The zero-order valence-electron chi connectivity index (χ0n) is 18.6. The van der Waals surface area contributed by atoms with Gasteiger partial charge in [0.1, 0.15) is 4.90 Å². The largest absolute Gasteiger partial charge is 0.355 e. The predicted molar refractivity (Wildman–Crippen MR) is 126 cm³/mol. The maximum Gasteiger partial charge on any atom is 0.285 e. The Hall–Kier alpha value is -2.71. The van der Waals surface area contributed by atoms with E-state index in [9.17, 15) is 13.2 Å². The Morgan fingerprint density at radius 3 is 2.72 bits per heavy atom. The van der Waals surface area contributed by atoms with Gasteiger partial charge in [0.2, 0.25) is 5.91 Å². The van der Waals surface area contributed by atoms with Gasteiger partial charge in [0.25, 0.3) is 10.0 Å². The van der Waals surface area contributed by atoms with Gasteiger partial charge >= 0.3 is 0 Å². The molecule has 1 fully saturated rings. The molecule has 32 heavy (non-hydrogen) atoms. The molecule has 0 radical (unpaired) electrons. The van der Waals surface area contributed by atoms with Crippen molar-refractivity contribution >= 4 is 27.5 Å². The highest BCUT2D eigenvalue weighted by atomic mass is 32.2. The van der Waals surface area contributed by atoms with Gasteiger partial charge in [-0.05, 0) is 55.8 Å². The average Bonchev–Trinajstić information content (AvgIpc) is 3.09. The van der Waals surface area contributed by atoms with Crippen LogP contribution in [0.5, 0.6) is 0 Å². The molecule has 1 atom stereocenters. The summed E-state index contributed by atoms with van der Waals surface area (Å²) in [6, 6.07) is 14.9. The van der Waals surface area contributed by atoms with Gasteiger partial charge in [-0.1, -0.05) is 38.1 Å². The molecule has 170 valence electrons. The van der Waals surface area contributed by atoms with Crippen LogP contribution in [0.25, 0.3) is 0 Å². The second-order valence-electron chi connectivity index (χ2n) is 8.32. The lowest BCUT2D eigenvalue weighted by molar-refractivity contribution is -0.121. The maximum absolute atomic E-state index is 13.0. The summed E-state index contributed by atoms with van der Waals surface area (Å²) in [6.07, 6.45) is 1.57. The van der Waals surface area contributed by atoms with E-state index in [-0.39, 0.29) is 16.7 Å². The SMILES string of the molecule is CCN(CC)Cc1cccc(NC(=O)C2CCCN(C3=NS(=O)(=O)c4ccccc43)C2)c1. The number of anilines is 1. The number of rotatable bonds is 6. The Morgan fingerprint density at radius 2 is 1.94 bits per heavy atom. The number of carbonyl (C=O) groups excluding carboxylic acids is 1. The van der Waals surface area contributed by atoms with Crippen LogP contribution in [-0.4, -0.2) is 56.1 Å². The lowest BCUT2D eigenvalue weighted by Crippen LogP contribution is -2.43. The fourth-order valence-electron chi connectivity index (χ4n) is 4.40. The Balaban J connectivity index is 1.45. The fraction of sp³-hybridized carbons (Fsp3) is 0.417. The van der Waals surface area contributed by atoms with E-state index in [2.05, 4.69) is 34.5 Å². The van der Waals surface area contributed by atoms with Gasteiger partial charge in [-0.15, -0.1) is 4.40 Å². The number of sulfonamides is 1. The van der Waals surface area contributed by atoms with E-state index in [0.717, 1.165) is 38.2 Å². The molecular weight excluding hydrogens is 424 g/mol. The van der Waals surface area contributed by atoms with Crippen LogP contribution in [0.1, 0.15) is 37.8 Å². The molecule has 0 bridgehead atoms. The van der Waals surface area contributed by atoms with E-state index in [1.165, 1.54) is 5.56 Å². The highest BCUT2D eigenvalue weighted by molar-refractivity contribution is 7.90. The number of nitrogens with one attached hydrogen (secondary N) is 1. The number of amides is 1. The average molecular weight is 455 g/mol. The van der Waals surface area contributed by atoms with Gasteiger partial charge in [-0.25, -0.2) is 0 Å². The maximum atomic E-state index is 13.0. The van der Waals surface area contributed by atoms with Crippen LogP contribution in [0.15, 0.2) is 57.8 Å². The van der Waals surface area contributed by atoms with Gasteiger partial charge < -0.3 is 10.2 Å². The number of likely N-dealkylation sites (tertiary alicyclic amines) is 1. The normalized spacial score (nSPS) is 19.5. The third-order valence-electron chi connectivity index (χ3n) is 6.20. The minimum atomic E-state index is -3.67. The zero-order valence-corrected chi connectivity index (χ0v) is 19.4. The molecule has 1 amide bonds. The summed E-state index contributed by atoms with van der Waals surface area (Å²) < 4.78 is 28.9. The molecule has 2 aromatic carbocycles. The predicted octanol–water partition coefficient (Wildman–Crippen LogP) is 3.33. The molecule has 2 aliphatic heterocycles. The molecule has 7 nitrogen and oxygen atoms in total. The summed E-state index contributed by atoms with van der Waals surface area (Å²) in [7, 11) is -3.67. The van der Waals surface area contributed by atoms with Crippen LogP contribution in [-0.2, 0) is 21.4 Å². The number of nitrogens with zero attached hydrogens (tertiary/aromatic N) is 3. The first-order valence-electron chi connectivity index (χ1n) is 11.2. The van der Waals surface area contributed by atoms with E-state index >= 15 is 0 Å². The Bertz CT molecular complexity index is 1130. The number of amidine groups is 1. The van der Waals surface area contributed by atoms with E-state index in [1.807, 2.05) is 29.2 Å². The van der Waals surface area contributed by atoms with Crippen LogP contribution >= 0.6 is 0 Å². The van der Waals surface area contributed by atoms with Gasteiger partial charge in [-0.2, -0.15) is 8.42 Å². The van der Waals surface area contributed by atoms with Crippen LogP contribution in [0.4, 0.5) is 5.69 Å². The smallest absolute Gasteiger partial charge is 0.285 e. The van der Waals surface area contributed by atoms with Crippen molar-refractivity contribution in [3.05, 3.63) is 59.7 Å². The third kappa shape index (κ3) is 4.71. The van der Waals surface area contributed by atoms with Gasteiger partial charge in [0.15, 0.2) is 5.84 Å². The van der Waals surface area contributed by atoms with Crippen molar-refractivity contribution in [3.8, 4) is 0 Å². The molecular formula is C24H30N4O3S. The number of hydrogen-bond donors (Lipinski definition) is 1. The van der Waals surface area contributed by atoms with Crippen molar-refractivity contribution in [1.29, 1.82) is 0 Å². The van der Waals surface area contributed by atoms with E-state index in [4.69, 9.17) is 0 Å². The summed E-state index contributed by atoms with van der Waals surface area (Å²) in [5.41, 5.74) is 2.58. The second-order valence-corrected chi connectivity index (χ2v) is 9.89. The number of fused-ring (bicyclic) bond motifs is 1. The van der Waals surface area contributed by atoms with Crippen molar-refractivity contribution in [2.24, 2.45) is 10.3 Å². The molecule has 0 aliphatic carbocycles. The molecule has 0 aromatic heterocycles. The molecule has 2 aromatic rings. The van der Waals surface area contributed by atoms with E-state index < -0.39 is 10.0 Å². The topological polar surface area (TPSA) is 82.1 Å². The molecule has 0 saturated carbocycles. The highest BCUT2D eigenvalue weighted by Gasteiger charge is 2.35. The standard InChI is InChI=1S/C24H30N4O3S/c1-3-27(4-2)16-18-9-7-11-20(15-18)25-24(29)19-10-8-14-28(17-19)23-21-12-5-6-13-22(21)32(30,31)26-23/h5-7,9,11-13,15,19H,3-4,8,10,14,16-17H2,1-2H3,(H,25,29). The van der Waals surface area contributed by atoms with Gasteiger partial charge in [0.05, 0.1) is 5.92 Å².